The molecule has 0 spiro atoms. The lowest BCUT2D eigenvalue weighted by Crippen LogP contribution is -2.48. The zero-order valence-corrected chi connectivity index (χ0v) is 16.6. The van der Waals surface area contributed by atoms with Gasteiger partial charge < -0.3 is 14.4 Å². The minimum absolute atomic E-state index is 0.0414. The highest BCUT2D eigenvalue weighted by molar-refractivity contribution is 5.96. The maximum absolute atomic E-state index is 13.7. The Morgan fingerprint density at radius 2 is 1.90 bits per heavy atom. The van der Waals surface area contributed by atoms with Gasteiger partial charge in [0.15, 0.2) is 0 Å². The van der Waals surface area contributed by atoms with Crippen LogP contribution in [-0.2, 0) is 31.7 Å². The molecular formula is C20H23F4NO5. The number of esters is 1. The zero-order valence-electron chi connectivity index (χ0n) is 16.6. The molecule has 0 unspecified atom stereocenters. The smallest absolute Gasteiger partial charge is 0.416 e. The summed E-state index contributed by atoms with van der Waals surface area (Å²) >= 11 is 0. The average molecular weight is 433 g/mol. The molecule has 0 aromatic heterocycles. The van der Waals surface area contributed by atoms with Gasteiger partial charge in [0.1, 0.15) is 18.0 Å². The van der Waals surface area contributed by atoms with Gasteiger partial charge in [-0.3, -0.25) is 9.59 Å². The molecule has 1 aromatic rings. The SMILES string of the molecule is CCOC(=O)CC(=O)[C@H]1CCN(C(=O)OC)[C@H](Cc2cc(F)cc(C(F)(F)F)c2)C1. The second-order valence-corrected chi connectivity index (χ2v) is 7.04. The standard InChI is InChI=1S/C20H23F4NO5/c1-3-30-18(27)11-17(26)13-4-5-25(19(28)29-2)16(9-13)8-12-6-14(20(22,23)24)10-15(21)7-12/h6-7,10,13,16H,3-5,8-9,11H2,1-2H3/t13-,16+/m0/s1. The Morgan fingerprint density at radius 1 is 1.20 bits per heavy atom. The lowest BCUT2D eigenvalue weighted by atomic mass is 9.84. The topological polar surface area (TPSA) is 72.9 Å². The molecular weight excluding hydrogens is 410 g/mol. The summed E-state index contributed by atoms with van der Waals surface area (Å²) in [6, 6.07) is 1.50. The molecule has 30 heavy (non-hydrogen) atoms. The van der Waals surface area contributed by atoms with Crippen molar-refractivity contribution in [1.29, 1.82) is 0 Å². The van der Waals surface area contributed by atoms with Crippen molar-refractivity contribution in [3.63, 3.8) is 0 Å². The predicted octanol–water partition coefficient (Wildman–Crippen LogP) is 3.76. The number of Topliss-reactive ketones (excluding diaryl/α,β-unsaturated/α-hetero) is 1. The van der Waals surface area contributed by atoms with Crippen LogP contribution < -0.4 is 0 Å². The van der Waals surface area contributed by atoms with Gasteiger partial charge in [-0.15, -0.1) is 0 Å². The summed E-state index contributed by atoms with van der Waals surface area (Å²) in [7, 11) is 1.17. The maximum atomic E-state index is 13.7. The van der Waals surface area contributed by atoms with E-state index in [2.05, 4.69) is 0 Å². The van der Waals surface area contributed by atoms with Crippen molar-refractivity contribution >= 4 is 17.8 Å². The van der Waals surface area contributed by atoms with Gasteiger partial charge in [-0.05, 0) is 49.9 Å². The van der Waals surface area contributed by atoms with E-state index in [1.165, 1.54) is 12.0 Å². The summed E-state index contributed by atoms with van der Waals surface area (Å²) in [6.07, 6.45) is -5.53. The van der Waals surface area contributed by atoms with Gasteiger partial charge in [-0.25, -0.2) is 9.18 Å². The van der Waals surface area contributed by atoms with Crippen molar-refractivity contribution in [1.82, 2.24) is 4.90 Å². The molecule has 1 aliphatic heterocycles. The molecule has 1 saturated heterocycles. The number of nitrogens with zero attached hydrogens (tertiary/aromatic N) is 1. The van der Waals surface area contributed by atoms with Crippen LogP contribution in [0.2, 0.25) is 0 Å². The Balaban J connectivity index is 2.22. The lowest BCUT2D eigenvalue weighted by Gasteiger charge is -2.38. The monoisotopic (exact) mass is 433 g/mol. The number of methoxy groups -OCH3 is 1. The first-order valence-electron chi connectivity index (χ1n) is 9.44. The van der Waals surface area contributed by atoms with E-state index < -0.39 is 48.0 Å². The summed E-state index contributed by atoms with van der Waals surface area (Å²) in [5.41, 5.74) is -1.09. The van der Waals surface area contributed by atoms with Crippen LogP contribution >= 0.6 is 0 Å². The van der Waals surface area contributed by atoms with Crippen LogP contribution in [0.4, 0.5) is 22.4 Å². The van der Waals surface area contributed by atoms with Gasteiger partial charge in [0.25, 0.3) is 0 Å². The average Bonchev–Trinajstić information content (AvgIpc) is 2.66. The molecule has 1 fully saturated rings. The van der Waals surface area contributed by atoms with Gasteiger partial charge >= 0.3 is 18.2 Å². The Hall–Kier alpha value is -2.65. The molecule has 2 atom stereocenters. The van der Waals surface area contributed by atoms with E-state index in [0.717, 1.165) is 12.1 Å². The van der Waals surface area contributed by atoms with Crippen molar-refractivity contribution in [3.8, 4) is 0 Å². The van der Waals surface area contributed by atoms with Crippen LogP contribution in [0, 0.1) is 11.7 Å². The number of halogens is 4. The molecule has 0 bridgehead atoms. The number of benzene rings is 1. The maximum Gasteiger partial charge on any atom is 0.416 e. The van der Waals surface area contributed by atoms with E-state index in [-0.39, 0.29) is 43.8 Å². The Labute approximate surface area is 171 Å². The van der Waals surface area contributed by atoms with Crippen LogP contribution in [0.5, 0.6) is 0 Å². The van der Waals surface area contributed by atoms with Gasteiger partial charge in [-0.1, -0.05) is 0 Å². The van der Waals surface area contributed by atoms with Crippen LogP contribution in [0.1, 0.15) is 37.3 Å². The first kappa shape index (κ1) is 23.6. The molecule has 0 N–H and O–H groups in total. The molecule has 0 radical (unpaired) electrons. The summed E-state index contributed by atoms with van der Waals surface area (Å²) in [6.45, 7) is 1.87. The van der Waals surface area contributed by atoms with Crippen molar-refractivity contribution in [2.75, 3.05) is 20.3 Å². The number of ketones is 1. The van der Waals surface area contributed by atoms with E-state index >= 15 is 0 Å². The Bertz CT molecular complexity index is 796. The van der Waals surface area contributed by atoms with E-state index in [4.69, 9.17) is 9.47 Å². The van der Waals surface area contributed by atoms with Crippen molar-refractivity contribution in [2.45, 2.75) is 44.8 Å². The highest BCUT2D eigenvalue weighted by atomic mass is 19.4. The minimum atomic E-state index is -4.72. The fourth-order valence-corrected chi connectivity index (χ4v) is 3.60. The third kappa shape index (κ3) is 6.17. The number of likely N-dealkylation sites (tertiary alicyclic amines) is 1. The third-order valence-corrected chi connectivity index (χ3v) is 4.96. The molecule has 10 heteroatoms. The lowest BCUT2D eigenvalue weighted by molar-refractivity contribution is -0.146. The highest BCUT2D eigenvalue weighted by Crippen LogP contribution is 2.32. The number of carbonyl (C=O) groups excluding carboxylic acids is 3. The number of hydrogen-bond donors (Lipinski definition) is 0. The van der Waals surface area contributed by atoms with Gasteiger partial charge in [-0.2, -0.15) is 13.2 Å². The van der Waals surface area contributed by atoms with Crippen LogP contribution in [0.3, 0.4) is 0 Å². The van der Waals surface area contributed by atoms with Gasteiger partial charge in [0.2, 0.25) is 0 Å². The van der Waals surface area contributed by atoms with Crippen LogP contribution in [-0.4, -0.2) is 49.0 Å². The molecule has 2 rings (SSSR count). The highest BCUT2D eigenvalue weighted by Gasteiger charge is 2.37. The number of carbonyl (C=O) groups is 3. The number of alkyl halides is 3. The first-order valence-corrected chi connectivity index (χ1v) is 9.44. The molecule has 0 saturated carbocycles. The Kier molecular flexibility index (Phi) is 7.80. The molecule has 1 amide bonds. The van der Waals surface area contributed by atoms with E-state index in [9.17, 15) is 31.9 Å². The fraction of sp³-hybridized carbons (Fsp3) is 0.550. The van der Waals surface area contributed by atoms with E-state index in [1.54, 1.807) is 6.92 Å². The first-order chi connectivity index (χ1) is 14.0. The number of rotatable bonds is 6. The molecule has 6 nitrogen and oxygen atoms in total. The summed E-state index contributed by atoms with van der Waals surface area (Å²) < 4.78 is 62.2. The zero-order chi connectivity index (χ0) is 22.5. The van der Waals surface area contributed by atoms with Crippen molar-refractivity contribution in [2.24, 2.45) is 5.92 Å². The van der Waals surface area contributed by atoms with Crippen LogP contribution in [0.25, 0.3) is 0 Å². The number of ether oxygens (including phenoxy) is 2. The summed E-state index contributed by atoms with van der Waals surface area (Å²) in [5.74, 6) is -2.64. The number of amides is 1. The van der Waals surface area contributed by atoms with E-state index in [0.29, 0.717) is 6.07 Å². The second kappa shape index (κ2) is 9.90. The normalized spacial score (nSPS) is 19.3. The predicted molar refractivity (Wildman–Crippen MR) is 97.0 cm³/mol. The molecule has 1 aliphatic rings. The summed E-state index contributed by atoms with van der Waals surface area (Å²) in [5, 5.41) is 0. The largest absolute Gasteiger partial charge is 0.466 e. The number of piperidine rings is 1. The quantitative estimate of drug-likeness (QED) is 0.388. The number of hydrogen-bond acceptors (Lipinski definition) is 5. The van der Waals surface area contributed by atoms with E-state index in [1.807, 2.05) is 0 Å². The van der Waals surface area contributed by atoms with Gasteiger partial charge in [0.05, 0.1) is 19.3 Å². The molecule has 0 aliphatic carbocycles. The third-order valence-electron chi connectivity index (χ3n) is 4.96. The Morgan fingerprint density at radius 3 is 2.50 bits per heavy atom. The van der Waals surface area contributed by atoms with Crippen LogP contribution in [0.15, 0.2) is 18.2 Å². The molecule has 1 heterocycles. The summed E-state index contributed by atoms with van der Waals surface area (Å²) in [4.78, 5) is 37.4. The fourth-order valence-electron chi connectivity index (χ4n) is 3.60. The second-order valence-electron chi connectivity index (χ2n) is 7.04. The van der Waals surface area contributed by atoms with Gasteiger partial charge in [0, 0.05) is 18.5 Å². The molecule has 166 valence electrons. The van der Waals surface area contributed by atoms with Crippen molar-refractivity contribution < 1.29 is 41.4 Å². The van der Waals surface area contributed by atoms with Crippen molar-refractivity contribution in [3.05, 3.63) is 35.1 Å². The minimum Gasteiger partial charge on any atom is -0.466 e. The molecule has 1 aromatic carbocycles.